The second kappa shape index (κ2) is 4.87. The number of rotatable bonds is 4. The first-order chi connectivity index (χ1) is 6.99. The molecule has 0 N–H and O–H groups in total. The first-order valence-electron chi connectivity index (χ1n) is 5.06. The molecule has 2 heteroatoms. The Morgan fingerprint density at radius 3 is 2.40 bits per heavy atom. The van der Waals surface area contributed by atoms with Crippen molar-refractivity contribution in [2.24, 2.45) is 0 Å². The maximum atomic E-state index is 11.4. The number of carbonyl (C=O) groups is 2. The van der Waals surface area contributed by atoms with Crippen molar-refractivity contribution >= 4 is 11.6 Å². The van der Waals surface area contributed by atoms with Crippen molar-refractivity contribution in [1.29, 1.82) is 0 Å². The van der Waals surface area contributed by atoms with E-state index in [1.807, 2.05) is 26.0 Å². The molecule has 0 amide bonds. The van der Waals surface area contributed by atoms with Gasteiger partial charge in [0.1, 0.15) is 11.6 Å². The molecule has 2 nitrogen and oxygen atoms in total. The molecule has 0 saturated heterocycles. The monoisotopic (exact) mass is 204 g/mol. The topological polar surface area (TPSA) is 34.1 Å². The first-order valence-corrected chi connectivity index (χ1v) is 5.06. The lowest BCUT2D eigenvalue weighted by Crippen LogP contribution is -2.08. The van der Waals surface area contributed by atoms with E-state index in [1.165, 1.54) is 12.5 Å². The van der Waals surface area contributed by atoms with Crippen molar-refractivity contribution in [3.63, 3.8) is 0 Å². The molecule has 0 spiro atoms. The van der Waals surface area contributed by atoms with Crippen LogP contribution in [0.4, 0.5) is 0 Å². The largest absolute Gasteiger partial charge is 0.300 e. The summed E-state index contributed by atoms with van der Waals surface area (Å²) in [4.78, 5) is 22.2. The zero-order chi connectivity index (χ0) is 11.4. The lowest BCUT2D eigenvalue weighted by Gasteiger charge is -2.05. The molecule has 0 aliphatic carbocycles. The van der Waals surface area contributed by atoms with E-state index < -0.39 is 0 Å². The number of hydrogen-bond acceptors (Lipinski definition) is 2. The summed E-state index contributed by atoms with van der Waals surface area (Å²) in [6, 6.07) is 6.00. The minimum atomic E-state index is -0.0650. The van der Waals surface area contributed by atoms with Gasteiger partial charge in [0.25, 0.3) is 0 Å². The SMILES string of the molecule is CC(=O)CC(=O)Cc1ccc(C)cc1C. The zero-order valence-corrected chi connectivity index (χ0v) is 9.46. The molecule has 15 heavy (non-hydrogen) atoms. The van der Waals surface area contributed by atoms with Gasteiger partial charge in [-0.3, -0.25) is 9.59 Å². The lowest BCUT2D eigenvalue weighted by atomic mass is 9.99. The Morgan fingerprint density at radius 1 is 1.20 bits per heavy atom. The lowest BCUT2D eigenvalue weighted by molar-refractivity contribution is -0.125. The van der Waals surface area contributed by atoms with Crippen molar-refractivity contribution in [3.8, 4) is 0 Å². The predicted molar refractivity (Wildman–Crippen MR) is 59.9 cm³/mol. The summed E-state index contributed by atoms with van der Waals surface area (Å²) in [5, 5.41) is 0. The van der Waals surface area contributed by atoms with Crippen LogP contribution < -0.4 is 0 Å². The van der Waals surface area contributed by atoms with Crippen molar-refractivity contribution in [2.45, 2.75) is 33.6 Å². The molecule has 80 valence electrons. The molecule has 0 saturated carbocycles. The van der Waals surface area contributed by atoms with Crippen molar-refractivity contribution in [2.75, 3.05) is 0 Å². The summed E-state index contributed by atoms with van der Waals surface area (Å²) in [5.74, 6) is -0.0702. The molecule has 0 aliphatic rings. The molecule has 0 aromatic heterocycles. The Kier molecular flexibility index (Phi) is 3.78. The molecule has 1 rings (SSSR count). The van der Waals surface area contributed by atoms with Crippen LogP contribution in [0, 0.1) is 13.8 Å². The number of hydrogen-bond donors (Lipinski definition) is 0. The molecule has 0 heterocycles. The van der Waals surface area contributed by atoms with Gasteiger partial charge in [-0.05, 0) is 31.9 Å². The summed E-state index contributed by atoms with van der Waals surface area (Å²) in [6.07, 6.45) is 0.416. The Bertz CT molecular complexity index is 392. The highest BCUT2D eigenvalue weighted by Crippen LogP contribution is 2.12. The van der Waals surface area contributed by atoms with E-state index in [4.69, 9.17) is 0 Å². The molecule has 0 radical (unpaired) electrons. The number of Topliss-reactive ketones (excluding diaryl/α,β-unsaturated/α-hetero) is 2. The number of ketones is 2. The van der Waals surface area contributed by atoms with E-state index >= 15 is 0 Å². The summed E-state index contributed by atoms with van der Waals surface area (Å²) < 4.78 is 0. The second-order valence-electron chi connectivity index (χ2n) is 4.02. The molecule has 0 unspecified atom stereocenters. The summed E-state index contributed by atoms with van der Waals surface area (Å²) >= 11 is 0. The number of carbonyl (C=O) groups excluding carboxylic acids is 2. The van der Waals surface area contributed by atoms with Gasteiger partial charge in [-0.25, -0.2) is 0 Å². The fourth-order valence-corrected chi connectivity index (χ4v) is 1.60. The van der Waals surface area contributed by atoms with E-state index in [-0.39, 0.29) is 18.0 Å². The van der Waals surface area contributed by atoms with Crippen molar-refractivity contribution < 1.29 is 9.59 Å². The standard InChI is InChI=1S/C13H16O2/c1-9-4-5-12(10(2)6-9)8-13(15)7-11(3)14/h4-6H,7-8H2,1-3H3. The maximum Gasteiger partial charge on any atom is 0.144 e. The Balaban J connectivity index is 2.72. The molecule has 1 aromatic rings. The van der Waals surface area contributed by atoms with Crippen LogP contribution in [0.3, 0.4) is 0 Å². The summed E-state index contributed by atoms with van der Waals surface area (Å²) in [7, 11) is 0. The molecular weight excluding hydrogens is 188 g/mol. The van der Waals surface area contributed by atoms with Gasteiger partial charge >= 0.3 is 0 Å². The molecule has 1 aromatic carbocycles. The minimum absolute atomic E-state index is 0.00514. The van der Waals surface area contributed by atoms with Gasteiger partial charge in [0.15, 0.2) is 0 Å². The van der Waals surface area contributed by atoms with Gasteiger partial charge in [-0.2, -0.15) is 0 Å². The van der Waals surface area contributed by atoms with Gasteiger partial charge in [0, 0.05) is 6.42 Å². The van der Waals surface area contributed by atoms with E-state index in [1.54, 1.807) is 0 Å². The van der Waals surface area contributed by atoms with Gasteiger partial charge in [0.05, 0.1) is 6.42 Å². The van der Waals surface area contributed by atoms with E-state index in [0.717, 1.165) is 11.1 Å². The van der Waals surface area contributed by atoms with Crippen LogP contribution in [-0.2, 0) is 16.0 Å². The highest BCUT2D eigenvalue weighted by molar-refractivity contribution is 5.98. The first kappa shape index (κ1) is 11.6. The predicted octanol–water partition coefficient (Wildman–Crippen LogP) is 2.39. The van der Waals surface area contributed by atoms with Crippen LogP contribution in [0.5, 0.6) is 0 Å². The minimum Gasteiger partial charge on any atom is -0.300 e. The molecular formula is C13H16O2. The molecule has 0 atom stereocenters. The smallest absolute Gasteiger partial charge is 0.144 e. The molecule has 0 aliphatic heterocycles. The van der Waals surface area contributed by atoms with Gasteiger partial charge in [0.2, 0.25) is 0 Å². The third-order valence-corrected chi connectivity index (χ3v) is 2.33. The quantitative estimate of drug-likeness (QED) is 0.706. The average Bonchev–Trinajstić information content (AvgIpc) is 2.08. The van der Waals surface area contributed by atoms with Crippen molar-refractivity contribution in [3.05, 3.63) is 34.9 Å². The zero-order valence-electron chi connectivity index (χ0n) is 9.46. The highest BCUT2D eigenvalue weighted by Gasteiger charge is 2.08. The third kappa shape index (κ3) is 3.66. The summed E-state index contributed by atoms with van der Waals surface area (Å²) in [5.41, 5.74) is 3.33. The van der Waals surface area contributed by atoms with Crippen LogP contribution in [-0.4, -0.2) is 11.6 Å². The Morgan fingerprint density at radius 2 is 1.87 bits per heavy atom. The Labute approximate surface area is 90.3 Å². The Hall–Kier alpha value is -1.44. The molecule has 0 fully saturated rings. The van der Waals surface area contributed by atoms with Crippen molar-refractivity contribution in [1.82, 2.24) is 0 Å². The van der Waals surface area contributed by atoms with Crippen LogP contribution in [0.2, 0.25) is 0 Å². The van der Waals surface area contributed by atoms with Crippen LogP contribution in [0.15, 0.2) is 18.2 Å². The van der Waals surface area contributed by atoms with Gasteiger partial charge in [-0.15, -0.1) is 0 Å². The van der Waals surface area contributed by atoms with E-state index in [2.05, 4.69) is 6.07 Å². The van der Waals surface area contributed by atoms with E-state index in [0.29, 0.717) is 6.42 Å². The second-order valence-corrected chi connectivity index (χ2v) is 4.02. The maximum absolute atomic E-state index is 11.4. The van der Waals surface area contributed by atoms with Crippen LogP contribution in [0.1, 0.15) is 30.0 Å². The van der Waals surface area contributed by atoms with Gasteiger partial charge < -0.3 is 0 Å². The summed E-state index contributed by atoms with van der Waals surface area (Å²) in [6.45, 7) is 5.46. The average molecular weight is 204 g/mol. The van der Waals surface area contributed by atoms with Crippen LogP contribution in [0.25, 0.3) is 0 Å². The highest BCUT2D eigenvalue weighted by atomic mass is 16.1. The third-order valence-electron chi connectivity index (χ3n) is 2.33. The molecule has 0 bridgehead atoms. The van der Waals surface area contributed by atoms with E-state index in [9.17, 15) is 9.59 Å². The number of benzene rings is 1. The van der Waals surface area contributed by atoms with Gasteiger partial charge in [-0.1, -0.05) is 23.8 Å². The fourth-order valence-electron chi connectivity index (χ4n) is 1.60. The number of aryl methyl sites for hydroxylation is 2. The fraction of sp³-hybridized carbons (Fsp3) is 0.385. The normalized spacial score (nSPS) is 10.1. The van der Waals surface area contributed by atoms with Crippen LogP contribution >= 0.6 is 0 Å².